The molecule has 0 saturated heterocycles. The van der Waals surface area contributed by atoms with E-state index in [0.29, 0.717) is 12.1 Å². The molecule has 2 rings (SSSR count). The highest BCUT2D eigenvalue weighted by atomic mass is 15.2. The molecule has 0 amide bonds. The Kier molecular flexibility index (Phi) is 5.09. The van der Waals surface area contributed by atoms with Crippen LogP contribution < -0.4 is 5.32 Å². The van der Waals surface area contributed by atoms with Gasteiger partial charge in [-0.1, -0.05) is 39.5 Å². The zero-order chi connectivity index (χ0) is 12.8. The zero-order valence-corrected chi connectivity index (χ0v) is 11.9. The van der Waals surface area contributed by atoms with Gasteiger partial charge in [0, 0.05) is 24.5 Å². The Morgan fingerprint density at radius 3 is 2.78 bits per heavy atom. The molecule has 1 atom stereocenters. The molecule has 1 heterocycles. The summed E-state index contributed by atoms with van der Waals surface area (Å²) in [6, 6.07) is 1.24. The number of hydrogen-bond acceptors (Lipinski definition) is 2. The monoisotopic (exact) mass is 249 g/mol. The normalized spacial score (nSPS) is 18.8. The summed E-state index contributed by atoms with van der Waals surface area (Å²) in [6.45, 7) is 4.53. The molecule has 1 N–H and O–H groups in total. The van der Waals surface area contributed by atoms with Crippen molar-refractivity contribution < 1.29 is 0 Å². The smallest absolute Gasteiger partial charge is 0.203 e. The standard InChI is InChI=1S/C15H27N3/c1-3-8-14(4-2)18-12-11-16-15(18)17-13-9-6-5-7-10-13/h11-14H,3-10H2,1-2H3,(H,16,17). The maximum Gasteiger partial charge on any atom is 0.203 e. The van der Waals surface area contributed by atoms with Gasteiger partial charge in [-0.3, -0.25) is 0 Å². The summed E-state index contributed by atoms with van der Waals surface area (Å²) < 4.78 is 2.35. The van der Waals surface area contributed by atoms with Crippen LogP contribution in [0.15, 0.2) is 12.4 Å². The molecule has 1 saturated carbocycles. The Hall–Kier alpha value is -0.990. The van der Waals surface area contributed by atoms with Crippen LogP contribution in [0, 0.1) is 0 Å². The molecule has 1 aromatic rings. The van der Waals surface area contributed by atoms with Crippen molar-refractivity contribution in [2.24, 2.45) is 0 Å². The van der Waals surface area contributed by atoms with E-state index in [4.69, 9.17) is 0 Å². The van der Waals surface area contributed by atoms with Gasteiger partial charge in [-0.2, -0.15) is 0 Å². The van der Waals surface area contributed by atoms with Gasteiger partial charge in [-0.05, 0) is 25.7 Å². The van der Waals surface area contributed by atoms with E-state index in [9.17, 15) is 0 Å². The van der Waals surface area contributed by atoms with Crippen LogP contribution >= 0.6 is 0 Å². The fourth-order valence-electron chi connectivity index (χ4n) is 3.02. The maximum absolute atomic E-state index is 4.51. The first kappa shape index (κ1) is 13.4. The van der Waals surface area contributed by atoms with E-state index in [-0.39, 0.29) is 0 Å². The number of nitrogens with zero attached hydrogens (tertiary/aromatic N) is 2. The highest BCUT2D eigenvalue weighted by Gasteiger charge is 2.17. The largest absolute Gasteiger partial charge is 0.353 e. The molecule has 0 radical (unpaired) electrons. The van der Waals surface area contributed by atoms with Gasteiger partial charge in [0.15, 0.2) is 0 Å². The minimum absolute atomic E-state index is 0.601. The average molecular weight is 249 g/mol. The molecule has 1 aliphatic rings. The molecule has 1 unspecified atom stereocenters. The minimum atomic E-state index is 0.601. The van der Waals surface area contributed by atoms with Gasteiger partial charge in [0.1, 0.15) is 0 Å². The van der Waals surface area contributed by atoms with Gasteiger partial charge < -0.3 is 9.88 Å². The van der Waals surface area contributed by atoms with Gasteiger partial charge in [-0.15, -0.1) is 0 Å². The second-order valence-electron chi connectivity index (χ2n) is 5.49. The molecule has 1 aromatic heterocycles. The molecule has 3 heteroatoms. The first-order valence-corrected chi connectivity index (χ1v) is 7.64. The zero-order valence-electron chi connectivity index (χ0n) is 11.9. The van der Waals surface area contributed by atoms with Crippen LogP contribution in [0.1, 0.15) is 71.3 Å². The van der Waals surface area contributed by atoms with Crippen LogP contribution in [0.5, 0.6) is 0 Å². The van der Waals surface area contributed by atoms with E-state index in [2.05, 4.69) is 34.9 Å². The van der Waals surface area contributed by atoms with Crippen molar-refractivity contribution in [1.82, 2.24) is 9.55 Å². The van der Waals surface area contributed by atoms with Crippen molar-refractivity contribution in [2.75, 3.05) is 5.32 Å². The summed E-state index contributed by atoms with van der Waals surface area (Å²) in [6.07, 6.45) is 14.5. The van der Waals surface area contributed by atoms with Crippen molar-refractivity contribution in [2.45, 2.75) is 77.3 Å². The fraction of sp³-hybridized carbons (Fsp3) is 0.800. The van der Waals surface area contributed by atoms with E-state index in [1.54, 1.807) is 0 Å². The molecule has 3 nitrogen and oxygen atoms in total. The van der Waals surface area contributed by atoms with Crippen molar-refractivity contribution >= 4 is 5.95 Å². The van der Waals surface area contributed by atoms with Crippen LogP contribution in [0.25, 0.3) is 0 Å². The van der Waals surface area contributed by atoms with E-state index in [0.717, 1.165) is 5.95 Å². The highest BCUT2D eigenvalue weighted by Crippen LogP contribution is 2.25. The van der Waals surface area contributed by atoms with Crippen LogP contribution in [0.4, 0.5) is 5.95 Å². The van der Waals surface area contributed by atoms with Gasteiger partial charge in [0.25, 0.3) is 0 Å². The molecule has 1 aliphatic carbocycles. The van der Waals surface area contributed by atoms with Gasteiger partial charge in [0.05, 0.1) is 0 Å². The third-order valence-electron chi connectivity index (χ3n) is 4.09. The lowest BCUT2D eigenvalue weighted by Crippen LogP contribution is -2.25. The van der Waals surface area contributed by atoms with Gasteiger partial charge in [-0.25, -0.2) is 4.98 Å². The van der Waals surface area contributed by atoms with Crippen molar-refractivity contribution in [1.29, 1.82) is 0 Å². The topological polar surface area (TPSA) is 29.9 Å². The van der Waals surface area contributed by atoms with Crippen LogP contribution in [0.2, 0.25) is 0 Å². The second kappa shape index (κ2) is 6.81. The average Bonchev–Trinajstić information content (AvgIpc) is 2.85. The molecule has 1 fully saturated rings. The van der Waals surface area contributed by atoms with Gasteiger partial charge >= 0.3 is 0 Å². The summed E-state index contributed by atoms with van der Waals surface area (Å²) in [7, 11) is 0. The number of aromatic nitrogens is 2. The predicted octanol–water partition coefficient (Wildman–Crippen LogP) is 4.38. The maximum atomic E-state index is 4.51. The van der Waals surface area contributed by atoms with Crippen molar-refractivity contribution in [3.05, 3.63) is 12.4 Å². The third-order valence-corrected chi connectivity index (χ3v) is 4.09. The molecular weight excluding hydrogens is 222 g/mol. The Bertz CT molecular complexity index is 339. The summed E-state index contributed by atoms with van der Waals surface area (Å²) >= 11 is 0. The molecule has 0 aliphatic heterocycles. The highest BCUT2D eigenvalue weighted by molar-refractivity contribution is 5.28. The number of rotatable bonds is 6. The van der Waals surface area contributed by atoms with Crippen molar-refractivity contribution in [3.8, 4) is 0 Å². The SMILES string of the molecule is CCCC(CC)n1ccnc1NC1CCCCC1. The van der Waals surface area contributed by atoms with E-state index in [1.165, 1.54) is 51.4 Å². The second-order valence-corrected chi connectivity index (χ2v) is 5.49. The van der Waals surface area contributed by atoms with Crippen LogP contribution in [0.3, 0.4) is 0 Å². The lowest BCUT2D eigenvalue weighted by Gasteiger charge is -2.25. The van der Waals surface area contributed by atoms with Gasteiger partial charge in [0.2, 0.25) is 5.95 Å². The Balaban J connectivity index is 2.01. The Morgan fingerprint density at radius 1 is 1.33 bits per heavy atom. The predicted molar refractivity (Wildman–Crippen MR) is 77.0 cm³/mol. The van der Waals surface area contributed by atoms with E-state index >= 15 is 0 Å². The van der Waals surface area contributed by atoms with E-state index in [1.807, 2.05) is 6.20 Å². The number of hydrogen-bond donors (Lipinski definition) is 1. The Labute approximate surface area is 111 Å². The minimum Gasteiger partial charge on any atom is -0.353 e. The quantitative estimate of drug-likeness (QED) is 0.811. The summed E-state index contributed by atoms with van der Waals surface area (Å²) in [5.74, 6) is 1.09. The first-order valence-electron chi connectivity index (χ1n) is 7.64. The Morgan fingerprint density at radius 2 is 2.11 bits per heavy atom. The number of imidazole rings is 1. The molecule has 0 spiro atoms. The lowest BCUT2D eigenvalue weighted by molar-refractivity contribution is 0.435. The molecular formula is C15H27N3. The van der Waals surface area contributed by atoms with Crippen molar-refractivity contribution in [3.63, 3.8) is 0 Å². The van der Waals surface area contributed by atoms with Crippen LogP contribution in [-0.4, -0.2) is 15.6 Å². The summed E-state index contributed by atoms with van der Waals surface area (Å²) in [4.78, 5) is 4.51. The van der Waals surface area contributed by atoms with E-state index < -0.39 is 0 Å². The van der Waals surface area contributed by atoms with Crippen LogP contribution in [-0.2, 0) is 0 Å². The third kappa shape index (κ3) is 3.27. The molecule has 0 bridgehead atoms. The first-order chi connectivity index (χ1) is 8.85. The fourth-order valence-corrected chi connectivity index (χ4v) is 3.02. The molecule has 0 aromatic carbocycles. The summed E-state index contributed by atoms with van der Waals surface area (Å²) in [5, 5.41) is 3.65. The lowest BCUT2D eigenvalue weighted by atomic mass is 9.96. The molecule has 18 heavy (non-hydrogen) atoms. The number of anilines is 1. The number of nitrogens with one attached hydrogen (secondary N) is 1. The molecule has 102 valence electrons. The summed E-state index contributed by atoms with van der Waals surface area (Å²) in [5.41, 5.74) is 0.